The first kappa shape index (κ1) is 15.3. The zero-order valence-electron chi connectivity index (χ0n) is 13.5. The summed E-state index contributed by atoms with van der Waals surface area (Å²) in [6.45, 7) is 0. The largest absolute Gasteiger partial charge is 0.507 e. The van der Waals surface area contributed by atoms with E-state index in [-0.39, 0.29) is 11.8 Å². The van der Waals surface area contributed by atoms with E-state index in [1.165, 1.54) is 0 Å². The van der Waals surface area contributed by atoms with Crippen LogP contribution in [0, 0.1) is 0 Å². The molecule has 1 atom stereocenters. The molecule has 0 bridgehead atoms. The SMILES string of the molecule is Oc1ccc(Br)cc1C1=NNC(c2cc3ccccc3n3nnnc23)C1. The van der Waals surface area contributed by atoms with E-state index >= 15 is 0 Å². The number of hydrazone groups is 1. The molecule has 26 heavy (non-hydrogen) atoms. The van der Waals surface area contributed by atoms with E-state index < -0.39 is 0 Å². The normalized spacial score (nSPS) is 16.8. The number of phenols is 1. The summed E-state index contributed by atoms with van der Waals surface area (Å²) in [4.78, 5) is 0. The number of rotatable bonds is 2. The first-order valence-electron chi connectivity index (χ1n) is 8.11. The Morgan fingerprint density at radius 2 is 2.04 bits per heavy atom. The van der Waals surface area contributed by atoms with Crippen LogP contribution >= 0.6 is 15.9 Å². The highest BCUT2D eigenvalue weighted by Crippen LogP contribution is 2.32. The highest BCUT2D eigenvalue weighted by Gasteiger charge is 2.26. The van der Waals surface area contributed by atoms with Gasteiger partial charge in [-0.3, -0.25) is 0 Å². The van der Waals surface area contributed by atoms with Gasteiger partial charge < -0.3 is 10.5 Å². The summed E-state index contributed by atoms with van der Waals surface area (Å²) in [6.07, 6.45) is 0.630. The number of nitrogens with zero attached hydrogens (tertiary/aromatic N) is 5. The fourth-order valence-corrected chi connectivity index (χ4v) is 3.71. The molecule has 0 saturated heterocycles. The maximum absolute atomic E-state index is 10.2. The number of hydrogen-bond acceptors (Lipinski definition) is 6. The number of para-hydroxylation sites is 1. The highest BCUT2D eigenvalue weighted by molar-refractivity contribution is 9.10. The summed E-state index contributed by atoms with van der Waals surface area (Å²) in [7, 11) is 0. The number of phenolic OH excluding ortho intramolecular Hbond substituents is 1. The molecule has 0 spiro atoms. The highest BCUT2D eigenvalue weighted by atomic mass is 79.9. The minimum Gasteiger partial charge on any atom is -0.507 e. The number of halogens is 1. The average molecular weight is 409 g/mol. The molecule has 1 unspecified atom stereocenters. The Morgan fingerprint density at radius 3 is 2.96 bits per heavy atom. The summed E-state index contributed by atoms with van der Waals surface area (Å²) in [5, 5.41) is 27.8. The first-order chi connectivity index (χ1) is 12.7. The number of fused-ring (bicyclic) bond motifs is 3. The van der Waals surface area contributed by atoms with Gasteiger partial charge in [-0.15, -0.1) is 5.10 Å². The molecule has 1 aliphatic rings. The molecule has 7 nitrogen and oxygen atoms in total. The van der Waals surface area contributed by atoms with Crippen molar-refractivity contribution in [3.63, 3.8) is 0 Å². The van der Waals surface area contributed by atoms with E-state index in [0.29, 0.717) is 17.6 Å². The quantitative estimate of drug-likeness (QED) is 0.531. The Hall–Kier alpha value is -3.00. The van der Waals surface area contributed by atoms with E-state index in [4.69, 9.17) is 0 Å². The lowest BCUT2D eigenvalue weighted by molar-refractivity contribution is 0.474. The van der Waals surface area contributed by atoms with Gasteiger partial charge in [0.15, 0.2) is 5.65 Å². The minimum atomic E-state index is -0.0681. The molecule has 0 saturated carbocycles. The van der Waals surface area contributed by atoms with Crippen molar-refractivity contribution in [1.82, 2.24) is 25.5 Å². The van der Waals surface area contributed by atoms with E-state index in [0.717, 1.165) is 26.7 Å². The number of pyridine rings is 1. The van der Waals surface area contributed by atoms with Gasteiger partial charge in [0.1, 0.15) is 5.75 Å². The summed E-state index contributed by atoms with van der Waals surface area (Å²) >= 11 is 3.44. The topological polar surface area (TPSA) is 87.7 Å². The molecule has 3 heterocycles. The summed E-state index contributed by atoms with van der Waals surface area (Å²) < 4.78 is 2.65. The van der Waals surface area contributed by atoms with E-state index in [2.05, 4.69) is 48.0 Å². The predicted molar refractivity (Wildman–Crippen MR) is 101 cm³/mol. The number of aromatic nitrogens is 4. The van der Waals surface area contributed by atoms with Crippen molar-refractivity contribution in [3.05, 3.63) is 64.1 Å². The Balaban J connectivity index is 1.57. The van der Waals surface area contributed by atoms with Crippen molar-refractivity contribution >= 4 is 38.2 Å². The van der Waals surface area contributed by atoms with Gasteiger partial charge in [-0.2, -0.15) is 9.62 Å². The van der Waals surface area contributed by atoms with Gasteiger partial charge in [-0.1, -0.05) is 34.1 Å². The molecule has 5 rings (SSSR count). The van der Waals surface area contributed by atoms with Crippen LogP contribution in [0.1, 0.15) is 23.6 Å². The van der Waals surface area contributed by atoms with Crippen LogP contribution in [0.3, 0.4) is 0 Å². The fraction of sp³-hybridized carbons (Fsp3) is 0.111. The summed E-state index contributed by atoms with van der Waals surface area (Å²) in [5.74, 6) is 0.210. The van der Waals surface area contributed by atoms with Gasteiger partial charge >= 0.3 is 0 Å². The number of aromatic hydroxyl groups is 1. The molecule has 2 aromatic heterocycles. The van der Waals surface area contributed by atoms with Crippen LogP contribution in [-0.2, 0) is 0 Å². The molecule has 0 aliphatic carbocycles. The third-order valence-electron chi connectivity index (χ3n) is 4.60. The lowest BCUT2D eigenvalue weighted by Crippen LogP contribution is -2.12. The standard InChI is InChI=1S/C18H13BrN6O/c19-11-5-6-17(26)12(8-11)14-9-15(21-20-14)13-7-10-3-1-2-4-16(10)25-18(13)22-23-24-25/h1-8,15,21,26H,9H2. The molecule has 2 N–H and O–H groups in total. The van der Waals surface area contributed by atoms with Crippen LogP contribution in [0.2, 0.25) is 0 Å². The lowest BCUT2D eigenvalue weighted by Gasteiger charge is -2.12. The number of hydrogen-bond donors (Lipinski definition) is 2. The Labute approximate surface area is 156 Å². The van der Waals surface area contributed by atoms with Gasteiger partial charge in [0.05, 0.1) is 17.3 Å². The van der Waals surface area contributed by atoms with Crippen molar-refractivity contribution in [2.45, 2.75) is 12.5 Å². The molecule has 0 fully saturated rings. The molecule has 128 valence electrons. The second-order valence-electron chi connectivity index (χ2n) is 6.18. The third-order valence-corrected chi connectivity index (χ3v) is 5.09. The Kier molecular flexibility index (Phi) is 3.39. The van der Waals surface area contributed by atoms with Crippen molar-refractivity contribution in [1.29, 1.82) is 0 Å². The molecular weight excluding hydrogens is 396 g/mol. The number of benzene rings is 2. The van der Waals surface area contributed by atoms with Crippen LogP contribution in [0.25, 0.3) is 16.6 Å². The summed E-state index contributed by atoms with van der Waals surface area (Å²) in [5.41, 5.74) is 7.32. The second kappa shape index (κ2) is 5.77. The molecule has 8 heteroatoms. The van der Waals surface area contributed by atoms with Gasteiger partial charge in [0.25, 0.3) is 0 Å². The summed E-state index contributed by atoms with van der Waals surface area (Å²) in [6, 6.07) is 15.3. The monoisotopic (exact) mass is 408 g/mol. The Morgan fingerprint density at radius 1 is 1.15 bits per heavy atom. The second-order valence-corrected chi connectivity index (χ2v) is 7.09. The molecule has 4 aromatic rings. The van der Waals surface area contributed by atoms with Gasteiger partial charge in [-0.25, -0.2) is 0 Å². The smallest absolute Gasteiger partial charge is 0.185 e. The van der Waals surface area contributed by atoms with Gasteiger partial charge in [-0.05, 0) is 40.8 Å². The van der Waals surface area contributed by atoms with Crippen molar-refractivity contribution in [2.75, 3.05) is 0 Å². The van der Waals surface area contributed by atoms with E-state index in [1.807, 2.05) is 30.3 Å². The van der Waals surface area contributed by atoms with Crippen LogP contribution < -0.4 is 5.43 Å². The number of tetrazole rings is 1. The molecule has 0 amide bonds. The van der Waals surface area contributed by atoms with Crippen molar-refractivity contribution in [3.8, 4) is 5.75 Å². The number of nitrogens with one attached hydrogen (secondary N) is 1. The van der Waals surface area contributed by atoms with E-state index in [9.17, 15) is 5.11 Å². The first-order valence-corrected chi connectivity index (χ1v) is 8.91. The van der Waals surface area contributed by atoms with Crippen LogP contribution in [-0.4, -0.2) is 30.9 Å². The predicted octanol–water partition coefficient (Wildman–Crippen LogP) is 3.18. The van der Waals surface area contributed by atoms with Crippen LogP contribution in [0.4, 0.5) is 0 Å². The Bertz CT molecular complexity index is 1180. The maximum Gasteiger partial charge on any atom is 0.185 e. The lowest BCUT2D eigenvalue weighted by atomic mass is 9.98. The minimum absolute atomic E-state index is 0.0681. The average Bonchev–Trinajstić information content (AvgIpc) is 3.33. The zero-order valence-corrected chi connectivity index (χ0v) is 15.1. The zero-order chi connectivity index (χ0) is 17.7. The van der Waals surface area contributed by atoms with E-state index in [1.54, 1.807) is 16.6 Å². The fourth-order valence-electron chi connectivity index (χ4n) is 3.35. The van der Waals surface area contributed by atoms with Crippen LogP contribution in [0.5, 0.6) is 5.75 Å². The molecular formula is C18H13BrN6O. The van der Waals surface area contributed by atoms with Crippen LogP contribution in [0.15, 0.2) is 58.1 Å². The third kappa shape index (κ3) is 2.33. The molecule has 1 aliphatic heterocycles. The van der Waals surface area contributed by atoms with Gasteiger partial charge in [0, 0.05) is 27.4 Å². The van der Waals surface area contributed by atoms with Crippen molar-refractivity contribution in [2.24, 2.45) is 5.10 Å². The molecule has 0 radical (unpaired) electrons. The van der Waals surface area contributed by atoms with Crippen molar-refractivity contribution < 1.29 is 5.11 Å². The van der Waals surface area contributed by atoms with Gasteiger partial charge in [0.2, 0.25) is 0 Å². The molecule has 2 aromatic carbocycles. The maximum atomic E-state index is 10.2.